The fourth-order valence-electron chi connectivity index (χ4n) is 2.26. The number of hydrogen-bond donors (Lipinski definition) is 0. The zero-order valence-corrected chi connectivity index (χ0v) is 12.0. The van der Waals surface area contributed by atoms with Crippen LogP contribution in [0.4, 0.5) is 0 Å². The van der Waals surface area contributed by atoms with Crippen LogP contribution < -0.4 is 9.47 Å². The first-order valence-electron chi connectivity index (χ1n) is 6.37. The number of carbonyl (C=O) groups excluding carboxylic acids is 1. The first-order chi connectivity index (χ1) is 9.78. The molecule has 1 aliphatic heterocycles. The van der Waals surface area contributed by atoms with Gasteiger partial charge in [0.25, 0.3) is 5.91 Å². The zero-order chi connectivity index (χ0) is 13.9. The van der Waals surface area contributed by atoms with E-state index in [2.05, 4.69) is 0 Å². The van der Waals surface area contributed by atoms with Crippen LogP contribution in [0.3, 0.4) is 0 Å². The number of carbonyl (C=O) groups is 1. The fraction of sp³-hybridized carbons (Fsp3) is 0.267. The lowest BCUT2D eigenvalue weighted by molar-refractivity contribution is -0.133. The Balaban J connectivity index is 1.88. The molecule has 0 saturated heterocycles. The molecule has 0 spiro atoms. The molecule has 0 radical (unpaired) electrons. The molecular weight excluding hydrogens is 274 g/mol. The first kappa shape index (κ1) is 13.0. The number of fused-ring (bicyclic) bond motifs is 1. The number of methoxy groups -OCH3 is 1. The van der Waals surface area contributed by atoms with Gasteiger partial charge in [0.2, 0.25) is 0 Å². The van der Waals surface area contributed by atoms with E-state index in [0.717, 1.165) is 5.56 Å². The summed E-state index contributed by atoms with van der Waals surface area (Å²) in [7, 11) is 1.61. The Morgan fingerprint density at radius 3 is 3.00 bits per heavy atom. The van der Waals surface area contributed by atoms with Crippen molar-refractivity contribution in [2.24, 2.45) is 0 Å². The SMILES string of the molecule is COc1cccc2c1OCC(=O)N(Cc1cccs1)C2. The van der Waals surface area contributed by atoms with E-state index in [9.17, 15) is 4.79 Å². The lowest BCUT2D eigenvalue weighted by atomic mass is 10.1. The molecule has 0 atom stereocenters. The van der Waals surface area contributed by atoms with Gasteiger partial charge in [0, 0.05) is 17.0 Å². The quantitative estimate of drug-likeness (QED) is 0.872. The first-order valence-corrected chi connectivity index (χ1v) is 7.24. The van der Waals surface area contributed by atoms with Crippen molar-refractivity contribution in [3.05, 3.63) is 46.2 Å². The predicted molar refractivity (Wildman–Crippen MR) is 77.1 cm³/mol. The molecule has 1 amide bonds. The largest absolute Gasteiger partial charge is 0.493 e. The average molecular weight is 289 g/mol. The van der Waals surface area contributed by atoms with Crippen LogP contribution in [0.5, 0.6) is 11.5 Å². The topological polar surface area (TPSA) is 38.8 Å². The van der Waals surface area contributed by atoms with E-state index >= 15 is 0 Å². The van der Waals surface area contributed by atoms with Gasteiger partial charge in [-0.15, -0.1) is 11.3 Å². The third-order valence-corrected chi connectivity index (χ3v) is 4.12. The summed E-state index contributed by atoms with van der Waals surface area (Å²) in [5, 5.41) is 2.02. The highest BCUT2D eigenvalue weighted by Crippen LogP contribution is 2.34. The molecule has 0 unspecified atom stereocenters. The Morgan fingerprint density at radius 2 is 2.25 bits per heavy atom. The highest BCUT2D eigenvalue weighted by molar-refractivity contribution is 7.09. The van der Waals surface area contributed by atoms with Gasteiger partial charge < -0.3 is 14.4 Å². The summed E-state index contributed by atoms with van der Waals surface area (Å²) in [6.07, 6.45) is 0. The molecule has 0 aliphatic carbocycles. The van der Waals surface area contributed by atoms with Gasteiger partial charge >= 0.3 is 0 Å². The Labute approximate surface area is 121 Å². The number of amides is 1. The van der Waals surface area contributed by atoms with E-state index in [1.807, 2.05) is 40.6 Å². The Kier molecular flexibility index (Phi) is 3.60. The summed E-state index contributed by atoms with van der Waals surface area (Å²) in [6.45, 7) is 1.22. The summed E-state index contributed by atoms with van der Waals surface area (Å²) >= 11 is 1.65. The third-order valence-electron chi connectivity index (χ3n) is 3.26. The van der Waals surface area contributed by atoms with E-state index in [1.54, 1.807) is 18.4 Å². The lowest BCUT2D eigenvalue weighted by Gasteiger charge is -2.19. The van der Waals surface area contributed by atoms with Crippen molar-refractivity contribution in [3.8, 4) is 11.5 Å². The van der Waals surface area contributed by atoms with Crippen molar-refractivity contribution >= 4 is 17.2 Å². The second kappa shape index (κ2) is 5.54. The van der Waals surface area contributed by atoms with E-state index in [0.29, 0.717) is 24.6 Å². The summed E-state index contributed by atoms with van der Waals surface area (Å²) < 4.78 is 10.9. The number of ether oxygens (including phenoxy) is 2. The van der Waals surface area contributed by atoms with Gasteiger partial charge in [-0.3, -0.25) is 4.79 Å². The molecule has 1 aromatic heterocycles. The normalized spacial score (nSPS) is 14.4. The Morgan fingerprint density at radius 1 is 1.35 bits per heavy atom. The van der Waals surface area contributed by atoms with Gasteiger partial charge in [0.05, 0.1) is 13.7 Å². The molecule has 0 saturated carbocycles. The number of para-hydroxylation sites is 1. The molecule has 1 aromatic carbocycles. The molecule has 0 fully saturated rings. The van der Waals surface area contributed by atoms with Gasteiger partial charge in [-0.25, -0.2) is 0 Å². The molecule has 2 heterocycles. The van der Waals surface area contributed by atoms with Crippen molar-refractivity contribution < 1.29 is 14.3 Å². The summed E-state index contributed by atoms with van der Waals surface area (Å²) in [5.74, 6) is 1.35. The number of benzene rings is 1. The van der Waals surface area contributed by atoms with Gasteiger partial charge in [0.15, 0.2) is 18.1 Å². The Bertz CT molecular complexity index is 610. The van der Waals surface area contributed by atoms with Crippen molar-refractivity contribution in [3.63, 3.8) is 0 Å². The molecule has 20 heavy (non-hydrogen) atoms. The predicted octanol–water partition coefficient (Wildman–Crippen LogP) is 2.68. The highest BCUT2D eigenvalue weighted by Gasteiger charge is 2.23. The average Bonchev–Trinajstić information content (AvgIpc) is 2.91. The number of thiophene rings is 1. The maximum atomic E-state index is 12.2. The summed E-state index contributed by atoms with van der Waals surface area (Å²) in [4.78, 5) is 15.2. The third kappa shape index (κ3) is 2.49. The van der Waals surface area contributed by atoms with Crippen LogP contribution in [0.25, 0.3) is 0 Å². The van der Waals surface area contributed by atoms with Crippen molar-refractivity contribution in [2.45, 2.75) is 13.1 Å². The molecule has 4 nitrogen and oxygen atoms in total. The lowest BCUT2D eigenvalue weighted by Crippen LogP contribution is -2.31. The smallest absolute Gasteiger partial charge is 0.261 e. The molecular formula is C15H15NO3S. The molecule has 1 aliphatic rings. The summed E-state index contributed by atoms with van der Waals surface area (Å²) in [5.41, 5.74) is 0.978. The maximum absolute atomic E-state index is 12.2. The molecule has 5 heteroatoms. The number of hydrogen-bond acceptors (Lipinski definition) is 4. The fourth-order valence-corrected chi connectivity index (χ4v) is 2.98. The molecule has 0 bridgehead atoms. The standard InChI is InChI=1S/C15H15NO3S/c1-18-13-6-2-4-11-8-16(9-12-5-3-7-20-12)14(17)10-19-15(11)13/h2-7H,8-10H2,1H3. The molecule has 0 N–H and O–H groups in total. The number of nitrogens with zero attached hydrogens (tertiary/aromatic N) is 1. The van der Waals surface area contributed by atoms with Crippen LogP contribution in [-0.4, -0.2) is 24.5 Å². The summed E-state index contributed by atoms with van der Waals surface area (Å²) in [6, 6.07) is 9.77. The van der Waals surface area contributed by atoms with Gasteiger partial charge in [-0.05, 0) is 17.5 Å². The second-order valence-electron chi connectivity index (χ2n) is 4.57. The van der Waals surface area contributed by atoms with E-state index in [-0.39, 0.29) is 12.5 Å². The van der Waals surface area contributed by atoms with Crippen LogP contribution in [0.1, 0.15) is 10.4 Å². The monoisotopic (exact) mass is 289 g/mol. The minimum atomic E-state index is -0.00310. The maximum Gasteiger partial charge on any atom is 0.261 e. The van der Waals surface area contributed by atoms with Crippen LogP contribution >= 0.6 is 11.3 Å². The van der Waals surface area contributed by atoms with Crippen molar-refractivity contribution in [2.75, 3.05) is 13.7 Å². The molecule has 3 rings (SSSR count). The van der Waals surface area contributed by atoms with E-state index in [1.165, 1.54) is 4.88 Å². The Hall–Kier alpha value is -2.01. The van der Waals surface area contributed by atoms with Crippen molar-refractivity contribution in [1.29, 1.82) is 0 Å². The minimum Gasteiger partial charge on any atom is -0.493 e. The van der Waals surface area contributed by atoms with Crippen LogP contribution in [-0.2, 0) is 17.9 Å². The van der Waals surface area contributed by atoms with Crippen LogP contribution in [0, 0.1) is 0 Å². The van der Waals surface area contributed by atoms with E-state index in [4.69, 9.17) is 9.47 Å². The van der Waals surface area contributed by atoms with Gasteiger partial charge in [0.1, 0.15) is 0 Å². The second-order valence-corrected chi connectivity index (χ2v) is 5.60. The van der Waals surface area contributed by atoms with Crippen LogP contribution in [0.15, 0.2) is 35.7 Å². The van der Waals surface area contributed by atoms with Gasteiger partial charge in [-0.2, -0.15) is 0 Å². The molecule has 104 valence electrons. The number of rotatable bonds is 3. The zero-order valence-electron chi connectivity index (χ0n) is 11.2. The van der Waals surface area contributed by atoms with E-state index < -0.39 is 0 Å². The highest BCUT2D eigenvalue weighted by atomic mass is 32.1. The van der Waals surface area contributed by atoms with Crippen LogP contribution in [0.2, 0.25) is 0 Å². The van der Waals surface area contributed by atoms with Crippen molar-refractivity contribution in [1.82, 2.24) is 4.90 Å². The minimum absolute atomic E-state index is 0.00310. The van der Waals surface area contributed by atoms with Gasteiger partial charge in [-0.1, -0.05) is 18.2 Å². The molecule has 2 aromatic rings.